The zero-order valence-electron chi connectivity index (χ0n) is 12.6. The van der Waals surface area contributed by atoms with E-state index in [-0.39, 0.29) is 5.56 Å². The van der Waals surface area contributed by atoms with E-state index in [4.69, 9.17) is 15.2 Å². The number of anilines is 1. The monoisotopic (exact) mass is 300 g/mol. The van der Waals surface area contributed by atoms with Gasteiger partial charge in [-0.1, -0.05) is 12.6 Å². The van der Waals surface area contributed by atoms with Crippen LogP contribution in [0.25, 0.3) is 0 Å². The van der Waals surface area contributed by atoms with E-state index >= 15 is 0 Å². The first kappa shape index (κ1) is 15.7. The summed E-state index contributed by atoms with van der Waals surface area (Å²) in [6.07, 6.45) is 1.71. The van der Waals surface area contributed by atoms with Gasteiger partial charge in [0, 0.05) is 18.0 Å². The van der Waals surface area contributed by atoms with Crippen LogP contribution in [-0.4, -0.2) is 17.8 Å². The minimum atomic E-state index is -0.181. The molecule has 0 saturated heterocycles. The summed E-state index contributed by atoms with van der Waals surface area (Å²) in [5, 5.41) is 0. The normalized spacial score (nSPS) is 10.2. The zero-order valence-corrected chi connectivity index (χ0v) is 12.6. The molecule has 2 N–H and O–H groups in total. The van der Waals surface area contributed by atoms with Crippen LogP contribution in [0.2, 0.25) is 0 Å². The molecule has 2 rings (SSSR count). The van der Waals surface area contributed by atoms with Crippen molar-refractivity contribution < 1.29 is 9.47 Å². The highest BCUT2D eigenvalue weighted by Crippen LogP contribution is 2.14. The lowest BCUT2D eigenvalue weighted by atomic mass is 10.3. The molecule has 0 saturated carbocycles. The van der Waals surface area contributed by atoms with E-state index in [0.717, 1.165) is 5.57 Å². The van der Waals surface area contributed by atoms with E-state index in [2.05, 4.69) is 6.58 Å². The van der Waals surface area contributed by atoms with Crippen molar-refractivity contribution in [2.45, 2.75) is 13.5 Å². The maximum Gasteiger partial charge on any atom is 0.292 e. The molecule has 0 unspecified atom stereocenters. The number of hydrogen-bond acceptors (Lipinski definition) is 4. The smallest absolute Gasteiger partial charge is 0.292 e. The number of ether oxygens (including phenoxy) is 2. The maximum absolute atomic E-state index is 12.2. The first-order valence-electron chi connectivity index (χ1n) is 7.01. The first-order valence-corrected chi connectivity index (χ1v) is 7.01. The van der Waals surface area contributed by atoms with Gasteiger partial charge in [0.2, 0.25) is 0 Å². The fourth-order valence-corrected chi connectivity index (χ4v) is 1.87. The van der Waals surface area contributed by atoms with Crippen molar-refractivity contribution in [3.05, 3.63) is 65.1 Å². The van der Waals surface area contributed by atoms with E-state index in [1.165, 1.54) is 0 Å². The summed E-state index contributed by atoms with van der Waals surface area (Å²) < 4.78 is 12.6. The van der Waals surface area contributed by atoms with Crippen LogP contribution in [0.15, 0.2) is 59.5 Å². The highest BCUT2D eigenvalue weighted by Gasteiger charge is 2.04. The molecule has 0 fully saturated rings. The molecular weight excluding hydrogens is 280 g/mol. The van der Waals surface area contributed by atoms with Gasteiger partial charge >= 0.3 is 0 Å². The molecular formula is C17H20N2O3. The van der Waals surface area contributed by atoms with Crippen molar-refractivity contribution in [2.24, 2.45) is 0 Å². The fourth-order valence-electron chi connectivity index (χ4n) is 1.87. The molecule has 1 aromatic heterocycles. The topological polar surface area (TPSA) is 66.5 Å². The molecule has 0 aliphatic carbocycles. The third-order valence-corrected chi connectivity index (χ3v) is 2.92. The molecule has 2 aromatic rings. The van der Waals surface area contributed by atoms with Gasteiger partial charge in [-0.05, 0) is 36.8 Å². The average molecular weight is 300 g/mol. The Morgan fingerprint density at radius 1 is 1.27 bits per heavy atom. The van der Waals surface area contributed by atoms with Gasteiger partial charge in [0.15, 0.2) is 5.75 Å². The Hall–Kier alpha value is -2.69. The van der Waals surface area contributed by atoms with E-state index < -0.39 is 0 Å². The molecule has 0 atom stereocenters. The Bertz CT molecular complexity index is 707. The van der Waals surface area contributed by atoms with Crippen LogP contribution in [0.4, 0.5) is 5.69 Å². The van der Waals surface area contributed by atoms with Gasteiger partial charge in [-0.2, -0.15) is 0 Å². The summed E-state index contributed by atoms with van der Waals surface area (Å²) in [5.74, 6) is 0.997. The average Bonchev–Trinajstić information content (AvgIpc) is 2.48. The molecule has 0 bridgehead atoms. The third kappa shape index (κ3) is 4.41. The number of pyridine rings is 1. The SMILES string of the molecule is C=C(C)COc1cccn(CCOc2cccc(N)c2)c1=O. The molecule has 0 spiro atoms. The highest BCUT2D eigenvalue weighted by molar-refractivity contribution is 5.43. The minimum Gasteiger partial charge on any atom is -0.492 e. The highest BCUT2D eigenvalue weighted by atomic mass is 16.5. The molecule has 1 aromatic carbocycles. The van der Waals surface area contributed by atoms with Crippen molar-refractivity contribution in [2.75, 3.05) is 18.9 Å². The summed E-state index contributed by atoms with van der Waals surface area (Å²) in [4.78, 5) is 12.2. The molecule has 0 aliphatic heterocycles. The molecule has 116 valence electrons. The molecule has 0 aliphatic rings. The van der Waals surface area contributed by atoms with Crippen molar-refractivity contribution >= 4 is 5.69 Å². The summed E-state index contributed by atoms with van der Waals surface area (Å²) in [6, 6.07) is 10.6. The van der Waals surface area contributed by atoms with Gasteiger partial charge in [0.05, 0.1) is 6.54 Å². The van der Waals surface area contributed by atoms with Crippen molar-refractivity contribution in [3.63, 3.8) is 0 Å². The van der Waals surface area contributed by atoms with Gasteiger partial charge in [-0.25, -0.2) is 0 Å². The molecule has 0 radical (unpaired) electrons. The van der Waals surface area contributed by atoms with Crippen LogP contribution in [0.3, 0.4) is 0 Å². The Labute approximate surface area is 129 Å². The second kappa shape index (κ2) is 7.36. The van der Waals surface area contributed by atoms with Crippen molar-refractivity contribution in [1.82, 2.24) is 4.57 Å². The van der Waals surface area contributed by atoms with Crippen LogP contribution in [-0.2, 0) is 6.54 Å². The van der Waals surface area contributed by atoms with Gasteiger partial charge in [-0.3, -0.25) is 4.79 Å². The summed E-state index contributed by atoms with van der Waals surface area (Å²) >= 11 is 0. The van der Waals surface area contributed by atoms with E-state index in [1.54, 1.807) is 35.0 Å². The predicted octanol–water partition coefficient (Wildman–Crippen LogP) is 2.46. The van der Waals surface area contributed by atoms with Gasteiger partial charge in [0.25, 0.3) is 5.56 Å². The number of benzene rings is 1. The standard InChI is InChI=1S/C17H20N2O3/c1-13(2)12-22-16-7-4-8-19(17(16)20)9-10-21-15-6-3-5-14(18)11-15/h3-8,11H,1,9-10,12,18H2,2H3. The zero-order chi connectivity index (χ0) is 15.9. The Morgan fingerprint density at radius 3 is 2.82 bits per heavy atom. The maximum atomic E-state index is 12.2. The second-order valence-electron chi connectivity index (χ2n) is 5.04. The molecule has 0 amide bonds. The van der Waals surface area contributed by atoms with Crippen molar-refractivity contribution in [1.29, 1.82) is 0 Å². The number of hydrogen-bond donors (Lipinski definition) is 1. The third-order valence-electron chi connectivity index (χ3n) is 2.92. The predicted molar refractivity (Wildman–Crippen MR) is 87.4 cm³/mol. The van der Waals surface area contributed by atoms with Crippen molar-refractivity contribution in [3.8, 4) is 11.5 Å². The number of aromatic nitrogens is 1. The molecule has 1 heterocycles. The van der Waals surface area contributed by atoms with E-state index in [0.29, 0.717) is 36.9 Å². The minimum absolute atomic E-state index is 0.181. The fraction of sp³-hybridized carbons (Fsp3) is 0.235. The Morgan fingerprint density at radius 2 is 2.09 bits per heavy atom. The number of nitrogen functional groups attached to an aromatic ring is 1. The molecule has 5 heteroatoms. The number of nitrogens with zero attached hydrogens (tertiary/aromatic N) is 1. The summed E-state index contributed by atoms with van der Waals surface area (Å²) in [6.45, 7) is 6.73. The first-order chi connectivity index (χ1) is 10.6. The van der Waals surface area contributed by atoms with Crippen LogP contribution in [0, 0.1) is 0 Å². The summed E-state index contributed by atoms with van der Waals surface area (Å²) in [5.41, 5.74) is 7.01. The quantitative estimate of drug-likeness (QED) is 0.630. The lowest BCUT2D eigenvalue weighted by Crippen LogP contribution is -2.24. The largest absolute Gasteiger partial charge is 0.492 e. The molecule has 22 heavy (non-hydrogen) atoms. The van der Waals surface area contributed by atoms with E-state index in [9.17, 15) is 4.79 Å². The van der Waals surface area contributed by atoms with Gasteiger partial charge in [0.1, 0.15) is 19.0 Å². The summed E-state index contributed by atoms with van der Waals surface area (Å²) in [7, 11) is 0. The Balaban J connectivity index is 1.96. The van der Waals surface area contributed by atoms with E-state index in [1.807, 2.05) is 19.1 Å². The van der Waals surface area contributed by atoms with Crippen LogP contribution < -0.4 is 20.8 Å². The van der Waals surface area contributed by atoms with Gasteiger partial charge in [-0.15, -0.1) is 0 Å². The van der Waals surface area contributed by atoms with Crippen LogP contribution in [0.1, 0.15) is 6.92 Å². The number of rotatable bonds is 7. The van der Waals surface area contributed by atoms with Gasteiger partial charge < -0.3 is 19.8 Å². The Kier molecular flexibility index (Phi) is 5.25. The second-order valence-corrected chi connectivity index (χ2v) is 5.04. The van der Waals surface area contributed by atoms with Crippen LogP contribution >= 0.6 is 0 Å². The number of nitrogens with two attached hydrogens (primary N) is 1. The van der Waals surface area contributed by atoms with Crippen LogP contribution in [0.5, 0.6) is 11.5 Å². The molecule has 5 nitrogen and oxygen atoms in total. The lowest BCUT2D eigenvalue weighted by molar-refractivity contribution is 0.292. The lowest BCUT2D eigenvalue weighted by Gasteiger charge is -2.10.